The fourth-order valence-electron chi connectivity index (χ4n) is 8.16. The molecule has 1 fully saturated rings. The molecule has 10 nitrogen and oxygen atoms in total. The molecule has 1 aliphatic heterocycles. The Morgan fingerprint density at radius 2 is 1.42 bits per heavy atom. The highest BCUT2D eigenvalue weighted by Crippen LogP contribution is 2.41. The predicted molar refractivity (Wildman–Crippen MR) is 223 cm³/mol. The Morgan fingerprint density at radius 3 is 1.98 bits per heavy atom. The lowest BCUT2D eigenvalue weighted by Crippen LogP contribution is -2.53. The zero-order valence-electron chi connectivity index (χ0n) is 33.0. The maximum atomic E-state index is 13.9. The first-order valence-electron chi connectivity index (χ1n) is 19.5. The predicted octanol–water partition coefficient (Wildman–Crippen LogP) is 8.01. The molecule has 1 saturated heterocycles. The second-order valence-corrected chi connectivity index (χ2v) is 14.8. The number of aromatic nitrogens is 4. The molecule has 1 atom stereocenters. The van der Waals surface area contributed by atoms with Crippen LogP contribution < -0.4 is 15.2 Å². The fourth-order valence-corrected chi connectivity index (χ4v) is 8.16. The zero-order chi connectivity index (χ0) is 41.1. The highest BCUT2D eigenvalue weighted by molar-refractivity contribution is 5.84. The number of fused-ring (bicyclic) bond motifs is 1. The second kappa shape index (κ2) is 16.7. The van der Waals surface area contributed by atoms with Gasteiger partial charge in [-0.15, -0.1) is 0 Å². The van der Waals surface area contributed by atoms with Gasteiger partial charge in [0.05, 0.1) is 24.1 Å². The molecule has 5 aromatic carbocycles. The van der Waals surface area contributed by atoms with E-state index in [1.807, 2.05) is 115 Å². The third-order valence-electron chi connectivity index (χ3n) is 11.1. The van der Waals surface area contributed by atoms with Crippen molar-refractivity contribution >= 4 is 22.8 Å². The van der Waals surface area contributed by atoms with E-state index in [1.54, 1.807) is 49.2 Å². The van der Waals surface area contributed by atoms with Crippen molar-refractivity contribution in [2.75, 3.05) is 24.5 Å². The molecule has 1 unspecified atom stereocenters. The molecule has 0 aliphatic carbocycles. The number of piperazine rings is 1. The molecule has 1 amide bonds. The van der Waals surface area contributed by atoms with E-state index in [-0.39, 0.29) is 36.4 Å². The van der Waals surface area contributed by atoms with Gasteiger partial charge in [0.15, 0.2) is 0 Å². The number of hydrogen-bond donors (Lipinski definition) is 0. The normalized spacial score (nSPS) is 14.6. The van der Waals surface area contributed by atoms with Crippen LogP contribution in [0.3, 0.4) is 0 Å². The fraction of sp³-hybridized carbons (Fsp3) is 0.234. The van der Waals surface area contributed by atoms with Crippen LogP contribution in [0, 0.1) is 0 Å². The van der Waals surface area contributed by atoms with Gasteiger partial charge >= 0.3 is 6.61 Å². The molecular weight excluding hydrogens is 751 g/mol. The van der Waals surface area contributed by atoms with Gasteiger partial charge in [-0.1, -0.05) is 103 Å². The molecule has 300 valence electrons. The first-order valence-corrected chi connectivity index (χ1v) is 19.5. The monoisotopic (exact) mass is 794 g/mol. The topological polar surface area (TPSA) is 94.7 Å². The summed E-state index contributed by atoms with van der Waals surface area (Å²) in [4.78, 5) is 38.8. The number of carbonyl (C=O) groups is 1. The van der Waals surface area contributed by atoms with Crippen LogP contribution >= 0.6 is 0 Å². The highest BCUT2D eigenvalue weighted by Gasteiger charge is 2.37. The first-order chi connectivity index (χ1) is 28.6. The third kappa shape index (κ3) is 7.83. The first kappa shape index (κ1) is 39.2. The second-order valence-electron chi connectivity index (χ2n) is 14.8. The summed E-state index contributed by atoms with van der Waals surface area (Å²) in [6.45, 7) is 2.56. The van der Waals surface area contributed by atoms with E-state index < -0.39 is 12.2 Å². The Labute approximate surface area is 340 Å². The summed E-state index contributed by atoms with van der Waals surface area (Å²) >= 11 is 0. The number of carbonyl (C=O) groups excluding carboxylic acids is 1. The summed E-state index contributed by atoms with van der Waals surface area (Å²) < 4.78 is 43.1. The van der Waals surface area contributed by atoms with Gasteiger partial charge in [0.25, 0.3) is 5.56 Å². The maximum Gasteiger partial charge on any atom is 0.387 e. The minimum absolute atomic E-state index is 0.00270. The molecule has 7 aromatic rings. The molecule has 3 heterocycles. The van der Waals surface area contributed by atoms with Gasteiger partial charge in [-0.25, -0.2) is 9.97 Å². The largest absolute Gasteiger partial charge is 0.434 e. The molecule has 0 bridgehead atoms. The van der Waals surface area contributed by atoms with E-state index in [0.717, 1.165) is 33.4 Å². The molecule has 0 saturated carbocycles. The van der Waals surface area contributed by atoms with Crippen molar-refractivity contribution in [2.45, 2.75) is 45.3 Å². The molecule has 0 N–H and O–H groups in total. The minimum Gasteiger partial charge on any atom is -0.434 e. The standard InChI is InChI=1S/C47H44F2N6O4/c1-32-29-53(23-24-54(32)33(2)56)46-50-27-37(28-51-46)35-20-21-41-42(26-35)55(52(3)44(41)57)30-36-25-34(19-22-43(36)59-45(48)49)31-58-47(38-13-7-4-8-14-38,39-15-9-5-10-16-39)40-17-11-6-12-18-40/h4-22,25-28,32,45H,23-24,29-31H2,1-3H3. The summed E-state index contributed by atoms with van der Waals surface area (Å²) in [5, 5.41) is 0.473. The van der Waals surface area contributed by atoms with Crippen LogP contribution in [-0.2, 0) is 35.3 Å². The van der Waals surface area contributed by atoms with Crippen LogP contribution in [-0.4, -0.2) is 62.4 Å². The number of halogens is 2. The third-order valence-corrected chi connectivity index (χ3v) is 11.1. The number of rotatable bonds is 12. The number of alkyl halides is 2. The van der Waals surface area contributed by atoms with Gasteiger partial charge in [-0.2, -0.15) is 8.78 Å². The minimum atomic E-state index is -3.06. The lowest BCUT2D eigenvalue weighted by Gasteiger charge is -2.39. The van der Waals surface area contributed by atoms with Gasteiger partial charge < -0.3 is 19.3 Å². The average Bonchev–Trinajstić information content (AvgIpc) is 3.49. The van der Waals surface area contributed by atoms with E-state index in [4.69, 9.17) is 9.47 Å². The molecule has 1 aliphatic rings. The molecule has 59 heavy (non-hydrogen) atoms. The summed E-state index contributed by atoms with van der Waals surface area (Å²) in [7, 11) is 1.65. The maximum absolute atomic E-state index is 13.9. The summed E-state index contributed by atoms with van der Waals surface area (Å²) in [6, 6.07) is 40.6. The van der Waals surface area contributed by atoms with E-state index in [1.165, 1.54) is 10.7 Å². The van der Waals surface area contributed by atoms with Gasteiger partial charge in [-0.3, -0.25) is 19.0 Å². The Kier molecular flexibility index (Phi) is 11.1. The molecule has 2 aromatic heterocycles. The number of ether oxygens (including phenoxy) is 2. The van der Waals surface area contributed by atoms with Crippen LogP contribution in [0.1, 0.15) is 41.7 Å². The van der Waals surface area contributed by atoms with Crippen LogP contribution in [0.2, 0.25) is 0 Å². The SMILES string of the molecule is CC(=O)N1CCN(c2ncc(-c3ccc4c(=O)n(C)n(Cc5cc(COC(c6ccccc6)(c6ccccc6)c6ccccc6)ccc5OC(F)F)c4c3)cn2)CC1C. The zero-order valence-corrected chi connectivity index (χ0v) is 33.0. The smallest absolute Gasteiger partial charge is 0.387 e. The number of nitrogens with zero attached hydrogens (tertiary/aromatic N) is 6. The van der Waals surface area contributed by atoms with Crippen molar-refractivity contribution in [3.63, 3.8) is 0 Å². The summed E-state index contributed by atoms with van der Waals surface area (Å²) in [5.74, 6) is 0.623. The van der Waals surface area contributed by atoms with Crippen molar-refractivity contribution in [1.29, 1.82) is 0 Å². The van der Waals surface area contributed by atoms with Crippen LogP contribution in [0.25, 0.3) is 22.0 Å². The van der Waals surface area contributed by atoms with Crippen molar-refractivity contribution in [3.05, 3.63) is 178 Å². The number of benzene rings is 5. The Balaban J connectivity index is 1.12. The molecule has 12 heteroatoms. The summed E-state index contributed by atoms with van der Waals surface area (Å²) in [6.07, 6.45) is 3.49. The van der Waals surface area contributed by atoms with Gasteiger partial charge in [0, 0.05) is 63.2 Å². The number of amides is 1. The van der Waals surface area contributed by atoms with Crippen molar-refractivity contribution in [1.82, 2.24) is 24.2 Å². The van der Waals surface area contributed by atoms with E-state index >= 15 is 0 Å². The Hall–Kier alpha value is -6.66. The highest BCUT2D eigenvalue weighted by atomic mass is 19.3. The Morgan fingerprint density at radius 1 is 0.814 bits per heavy atom. The van der Waals surface area contributed by atoms with Crippen LogP contribution in [0.5, 0.6) is 5.75 Å². The quantitative estimate of drug-likeness (QED) is 0.116. The van der Waals surface area contributed by atoms with Gasteiger partial charge in [-0.05, 0) is 59.0 Å². The van der Waals surface area contributed by atoms with Crippen LogP contribution in [0.15, 0.2) is 145 Å². The number of anilines is 1. The van der Waals surface area contributed by atoms with Crippen molar-refractivity contribution < 1.29 is 23.0 Å². The lowest BCUT2D eigenvalue weighted by atomic mass is 9.80. The summed E-state index contributed by atoms with van der Waals surface area (Å²) in [5.41, 5.74) is 4.87. The Bertz CT molecular complexity index is 2520. The van der Waals surface area contributed by atoms with E-state index in [9.17, 15) is 18.4 Å². The van der Waals surface area contributed by atoms with Gasteiger partial charge in [0.2, 0.25) is 11.9 Å². The molecular formula is C47H44F2N6O4. The number of hydrogen-bond acceptors (Lipinski definition) is 7. The molecule has 0 spiro atoms. The van der Waals surface area contributed by atoms with E-state index in [2.05, 4.69) is 14.9 Å². The van der Waals surface area contributed by atoms with Gasteiger partial charge in [0.1, 0.15) is 11.4 Å². The van der Waals surface area contributed by atoms with E-state index in [0.29, 0.717) is 42.0 Å². The lowest BCUT2D eigenvalue weighted by molar-refractivity contribution is -0.131. The van der Waals surface area contributed by atoms with Crippen molar-refractivity contribution in [2.24, 2.45) is 7.05 Å². The van der Waals surface area contributed by atoms with Crippen molar-refractivity contribution in [3.8, 4) is 16.9 Å². The molecule has 8 rings (SSSR count). The molecule has 0 radical (unpaired) electrons. The van der Waals surface area contributed by atoms with Crippen LogP contribution in [0.4, 0.5) is 14.7 Å². The average molecular weight is 795 g/mol.